The van der Waals surface area contributed by atoms with E-state index < -0.39 is 22.6 Å². The van der Waals surface area contributed by atoms with Gasteiger partial charge in [0.15, 0.2) is 0 Å². The molecule has 3 aromatic rings. The number of likely N-dealkylation sites (tertiary alicyclic amines) is 1. The lowest BCUT2D eigenvalue weighted by Gasteiger charge is -2.34. The Kier molecular flexibility index (Phi) is 6.67. The van der Waals surface area contributed by atoms with Crippen LogP contribution in [-0.2, 0) is 21.1 Å². The van der Waals surface area contributed by atoms with Crippen molar-refractivity contribution in [3.63, 3.8) is 0 Å². The molecular weight excluding hydrogens is 520 g/mol. The van der Waals surface area contributed by atoms with E-state index in [1.165, 1.54) is 4.90 Å². The molecule has 4 heterocycles. The van der Waals surface area contributed by atoms with Crippen LogP contribution in [-0.4, -0.2) is 78.5 Å². The van der Waals surface area contributed by atoms with Gasteiger partial charge in [-0.3, -0.25) is 14.4 Å². The van der Waals surface area contributed by atoms with Crippen molar-refractivity contribution >= 4 is 46.2 Å². The number of aromatic nitrogens is 3. The van der Waals surface area contributed by atoms with E-state index in [0.29, 0.717) is 24.5 Å². The maximum Gasteiger partial charge on any atom is 0.245 e. The molecule has 3 aliphatic rings. The average Bonchev–Trinajstić information content (AvgIpc) is 3.68. The first kappa shape index (κ1) is 25.6. The fraction of sp³-hybridized carbons (Fsp3) is 0.444. The van der Waals surface area contributed by atoms with Gasteiger partial charge in [-0.2, -0.15) is 0 Å². The summed E-state index contributed by atoms with van der Waals surface area (Å²) in [5, 5.41) is 23.9. The number of rotatable bonds is 9. The van der Waals surface area contributed by atoms with Crippen molar-refractivity contribution in [3.05, 3.63) is 48.5 Å². The fourth-order valence-electron chi connectivity index (χ4n) is 6.41. The zero-order valence-electron chi connectivity index (χ0n) is 21.4. The van der Waals surface area contributed by atoms with Gasteiger partial charge in [0.25, 0.3) is 0 Å². The Morgan fingerprint density at radius 1 is 1.18 bits per heavy atom. The number of nitrogens with one attached hydrogen (secondary N) is 2. The highest BCUT2D eigenvalue weighted by Gasteiger charge is 2.73. The number of para-hydroxylation sites is 1. The second kappa shape index (κ2) is 10.2. The molecule has 39 heavy (non-hydrogen) atoms. The van der Waals surface area contributed by atoms with Crippen molar-refractivity contribution in [2.24, 2.45) is 11.8 Å². The number of aliphatic hydroxyl groups excluding tert-OH is 1. The van der Waals surface area contributed by atoms with E-state index in [9.17, 15) is 19.5 Å². The van der Waals surface area contributed by atoms with Crippen LogP contribution in [0.15, 0.2) is 48.5 Å². The number of ether oxygens (including phenoxy) is 1. The van der Waals surface area contributed by atoms with Crippen molar-refractivity contribution in [2.75, 3.05) is 25.1 Å². The van der Waals surface area contributed by atoms with E-state index in [-0.39, 0.29) is 42.8 Å². The van der Waals surface area contributed by atoms with E-state index in [4.69, 9.17) is 4.74 Å². The first-order chi connectivity index (χ1) is 19.0. The van der Waals surface area contributed by atoms with Crippen molar-refractivity contribution in [2.45, 2.75) is 42.5 Å². The molecular formula is C27H30N6O5S. The van der Waals surface area contributed by atoms with Gasteiger partial charge >= 0.3 is 0 Å². The van der Waals surface area contributed by atoms with Crippen molar-refractivity contribution in [3.8, 4) is 5.75 Å². The van der Waals surface area contributed by atoms with Gasteiger partial charge in [0.1, 0.15) is 24.0 Å². The fourth-order valence-corrected chi connectivity index (χ4v) is 8.63. The van der Waals surface area contributed by atoms with Gasteiger partial charge in [0.2, 0.25) is 17.7 Å². The van der Waals surface area contributed by atoms with Crippen LogP contribution in [0.3, 0.4) is 0 Å². The molecule has 204 valence electrons. The zero-order valence-corrected chi connectivity index (χ0v) is 22.3. The summed E-state index contributed by atoms with van der Waals surface area (Å²) < 4.78 is 6.35. The van der Waals surface area contributed by atoms with Crippen LogP contribution in [0.5, 0.6) is 5.75 Å². The molecule has 0 saturated carbocycles. The lowest BCUT2D eigenvalue weighted by molar-refractivity contribution is -0.139. The Hall–Kier alpha value is -3.64. The third kappa shape index (κ3) is 4.22. The molecule has 3 saturated heterocycles. The summed E-state index contributed by atoms with van der Waals surface area (Å²) in [7, 11) is 0. The van der Waals surface area contributed by atoms with Crippen LogP contribution in [0.1, 0.15) is 19.8 Å². The van der Waals surface area contributed by atoms with Gasteiger partial charge in [-0.1, -0.05) is 17.3 Å². The number of aliphatic hydroxyl groups is 1. The second-order valence-corrected chi connectivity index (χ2v) is 11.6. The molecule has 1 spiro atoms. The minimum atomic E-state index is -0.796. The molecule has 6 rings (SSSR count). The topological polar surface area (TPSA) is 139 Å². The standard InChI is InChI=1S/C27H30N6O5S/c1-2-38-17-9-7-16(8-10-17)29-24(35)21-20-11-12-27(39-20)22(21)26(37)32(13-14-34)23(27)25(36)28-15-33-19-6-4-3-5-18(19)30-31-33/h3-10,20-23,34H,2,11-15H2,1H3,(H,28,36)(H,29,35)/t20-,21+,22-,23?,27?/m0/s1. The number of hydrogen-bond acceptors (Lipinski definition) is 8. The van der Waals surface area contributed by atoms with Gasteiger partial charge in [-0.25, -0.2) is 4.68 Å². The molecule has 2 aromatic carbocycles. The number of amides is 3. The number of anilines is 1. The monoisotopic (exact) mass is 550 g/mol. The molecule has 0 radical (unpaired) electrons. The van der Waals surface area contributed by atoms with Crippen molar-refractivity contribution in [1.29, 1.82) is 0 Å². The van der Waals surface area contributed by atoms with Gasteiger partial charge in [0.05, 0.1) is 35.3 Å². The van der Waals surface area contributed by atoms with Gasteiger partial charge < -0.3 is 25.4 Å². The molecule has 0 aliphatic carbocycles. The normalized spacial score (nSPS) is 27.1. The third-order valence-electron chi connectivity index (χ3n) is 7.95. The highest BCUT2D eigenvalue weighted by Crippen LogP contribution is 2.66. The van der Waals surface area contributed by atoms with Crippen LogP contribution in [0.25, 0.3) is 11.0 Å². The predicted molar refractivity (Wildman–Crippen MR) is 145 cm³/mol. The van der Waals surface area contributed by atoms with Crippen LogP contribution in [0, 0.1) is 11.8 Å². The smallest absolute Gasteiger partial charge is 0.245 e. The number of thioether (sulfide) groups is 1. The summed E-state index contributed by atoms with van der Waals surface area (Å²) in [5.74, 6) is -1.30. The number of fused-ring (bicyclic) bond motifs is 2. The Morgan fingerprint density at radius 2 is 1.97 bits per heavy atom. The SMILES string of the molecule is CCOc1ccc(NC(=O)[C@@H]2[C@@H]3CCC4(S3)C(C(=O)NCn3nnc5ccccc53)N(CCO)C(=O)[C@H]24)cc1. The first-order valence-electron chi connectivity index (χ1n) is 13.2. The minimum absolute atomic E-state index is 0.0277. The highest BCUT2D eigenvalue weighted by atomic mass is 32.2. The highest BCUT2D eigenvalue weighted by molar-refractivity contribution is 8.02. The molecule has 3 fully saturated rings. The van der Waals surface area contributed by atoms with Gasteiger partial charge in [-0.15, -0.1) is 16.9 Å². The van der Waals surface area contributed by atoms with E-state index >= 15 is 0 Å². The summed E-state index contributed by atoms with van der Waals surface area (Å²) in [6.07, 6.45) is 1.39. The number of benzene rings is 2. The van der Waals surface area contributed by atoms with Crippen molar-refractivity contribution < 1.29 is 24.2 Å². The molecule has 2 unspecified atom stereocenters. The number of carbonyl (C=O) groups excluding carboxylic acids is 3. The average molecular weight is 551 g/mol. The number of hydrogen-bond donors (Lipinski definition) is 3. The molecule has 3 amide bonds. The summed E-state index contributed by atoms with van der Waals surface area (Å²) >= 11 is 1.58. The molecule has 3 aliphatic heterocycles. The minimum Gasteiger partial charge on any atom is -0.494 e. The molecule has 2 bridgehead atoms. The Morgan fingerprint density at radius 3 is 2.74 bits per heavy atom. The van der Waals surface area contributed by atoms with E-state index in [1.807, 2.05) is 31.2 Å². The van der Waals surface area contributed by atoms with Crippen LogP contribution in [0.4, 0.5) is 5.69 Å². The number of nitrogens with zero attached hydrogens (tertiary/aromatic N) is 4. The first-order valence-corrected chi connectivity index (χ1v) is 14.0. The summed E-state index contributed by atoms with van der Waals surface area (Å²) in [6.45, 7) is 2.30. The maximum atomic E-state index is 13.8. The summed E-state index contributed by atoms with van der Waals surface area (Å²) in [4.78, 5) is 42.5. The molecule has 5 atom stereocenters. The quantitative estimate of drug-likeness (QED) is 0.365. The summed E-state index contributed by atoms with van der Waals surface area (Å²) in [6, 6.07) is 13.8. The predicted octanol–water partition coefficient (Wildman–Crippen LogP) is 1.63. The molecule has 11 nitrogen and oxygen atoms in total. The van der Waals surface area contributed by atoms with Crippen molar-refractivity contribution in [1.82, 2.24) is 25.2 Å². The Labute approximate surface area is 229 Å². The number of β-amino-alcohol motifs (C(OH)–C–C–N with tert-alkyl or cyclic N) is 1. The lowest BCUT2D eigenvalue weighted by Crippen LogP contribution is -2.54. The van der Waals surface area contributed by atoms with E-state index in [0.717, 1.165) is 17.5 Å². The molecule has 12 heteroatoms. The van der Waals surface area contributed by atoms with Crippen LogP contribution >= 0.6 is 11.8 Å². The van der Waals surface area contributed by atoms with E-state index in [2.05, 4.69) is 20.9 Å². The molecule has 3 N–H and O–H groups in total. The Balaban J connectivity index is 1.23. The molecule has 1 aromatic heterocycles. The third-order valence-corrected chi connectivity index (χ3v) is 9.90. The van der Waals surface area contributed by atoms with E-state index in [1.54, 1.807) is 40.7 Å². The Bertz CT molecular complexity index is 1410. The van der Waals surface area contributed by atoms with Crippen LogP contribution < -0.4 is 15.4 Å². The van der Waals surface area contributed by atoms with Crippen LogP contribution in [0.2, 0.25) is 0 Å². The van der Waals surface area contributed by atoms with Gasteiger partial charge in [-0.05, 0) is 56.2 Å². The lowest BCUT2D eigenvalue weighted by atomic mass is 9.70. The maximum absolute atomic E-state index is 13.8. The zero-order chi connectivity index (χ0) is 27.1. The second-order valence-electron chi connectivity index (χ2n) is 10.0. The summed E-state index contributed by atoms with van der Waals surface area (Å²) in [5.41, 5.74) is 2.12. The van der Waals surface area contributed by atoms with Gasteiger partial charge in [0, 0.05) is 17.5 Å². The number of carbonyl (C=O) groups is 3. The largest absolute Gasteiger partial charge is 0.494 e.